The summed E-state index contributed by atoms with van der Waals surface area (Å²) in [4.78, 5) is 40.1. The van der Waals surface area contributed by atoms with E-state index in [1.54, 1.807) is 0 Å². The predicted molar refractivity (Wildman–Crippen MR) is 348 cm³/mol. The van der Waals surface area contributed by atoms with Crippen molar-refractivity contribution in [1.29, 1.82) is 0 Å². The molecule has 0 heterocycles. The Morgan fingerprint density at radius 2 is 0.840 bits per heavy atom. The molecule has 3 unspecified atom stereocenters. The molecule has 81 heavy (non-hydrogen) atoms. The zero-order valence-electron chi connectivity index (χ0n) is 52.7. The zero-order chi connectivity index (χ0) is 59.3. The van der Waals surface area contributed by atoms with Crippen LogP contribution in [-0.4, -0.2) is 69.4 Å². The van der Waals surface area contributed by atoms with Crippen molar-refractivity contribution in [3.8, 4) is 0 Å². The quantitative estimate of drug-likeness (QED) is 0.0161. The summed E-state index contributed by atoms with van der Waals surface area (Å²) in [6.45, 7) is 6.62. The minimum Gasteiger partial charge on any atom is -0.756 e. The summed E-state index contributed by atoms with van der Waals surface area (Å²) < 4.78 is 30.3. The van der Waals surface area contributed by atoms with E-state index < -0.39 is 26.6 Å². The van der Waals surface area contributed by atoms with Crippen LogP contribution in [0.25, 0.3) is 0 Å². The molecule has 0 rings (SSSR count). The van der Waals surface area contributed by atoms with Gasteiger partial charge in [-0.2, -0.15) is 0 Å². The van der Waals surface area contributed by atoms with E-state index >= 15 is 0 Å². The van der Waals surface area contributed by atoms with Gasteiger partial charge < -0.3 is 28.5 Å². The van der Waals surface area contributed by atoms with Crippen molar-refractivity contribution in [1.82, 2.24) is 5.32 Å². The maximum atomic E-state index is 13.5. The number of carbonyl (C=O) groups is 2. The van der Waals surface area contributed by atoms with Crippen LogP contribution in [0.3, 0.4) is 0 Å². The molecule has 9 nitrogen and oxygen atoms in total. The molecule has 0 aromatic carbocycles. The maximum Gasteiger partial charge on any atom is 0.306 e. The SMILES string of the molecule is CC\C=C/C=C/C=C/C=C\C=C\C=C\CCCCCC(=O)NC(COP(=O)([O-])OCC[N+](C)(C)C)C(/C=C\CCCCCCCCCCCCC)OC(=O)CCCCCCCCCCC/C=C\C/C=C\C/C=C\C/C=C\CCCCC. The van der Waals surface area contributed by atoms with Crippen molar-refractivity contribution in [3.05, 3.63) is 134 Å². The highest BCUT2D eigenvalue weighted by Crippen LogP contribution is 2.38. The minimum absolute atomic E-state index is 0.0400. The molecule has 0 spiro atoms. The van der Waals surface area contributed by atoms with Crippen LogP contribution >= 0.6 is 7.82 Å². The van der Waals surface area contributed by atoms with Gasteiger partial charge in [0.1, 0.15) is 19.3 Å². The van der Waals surface area contributed by atoms with Crippen LogP contribution in [-0.2, 0) is 27.9 Å². The fourth-order valence-corrected chi connectivity index (χ4v) is 9.44. The summed E-state index contributed by atoms with van der Waals surface area (Å²) in [6.07, 6.45) is 84.2. The second-order valence-electron chi connectivity index (χ2n) is 22.7. The van der Waals surface area contributed by atoms with Crippen molar-refractivity contribution in [3.63, 3.8) is 0 Å². The molecule has 0 aromatic heterocycles. The summed E-state index contributed by atoms with van der Waals surface area (Å²) in [5, 5.41) is 3.00. The number of hydrogen-bond acceptors (Lipinski definition) is 7. The van der Waals surface area contributed by atoms with Gasteiger partial charge in [0, 0.05) is 12.8 Å². The van der Waals surface area contributed by atoms with Crippen molar-refractivity contribution in [2.45, 2.75) is 264 Å². The monoisotopic (exact) mass is 1140 g/mol. The molecule has 1 amide bonds. The van der Waals surface area contributed by atoms with Crippen molar-refractivity contribution < 1.29 is 37.3 Å². The van der Waals surface area contributed by atoms with E-state index in [4.69, 9.17) is 13.8 Å². The zero-order valence-corrected chi connectivity index (χ0v) is 53.6. The Labute approximate surface area is 498 Å². The van der Waals surface area contributed by atoms with Gasteiger partial charge in [0.2, 0.25) is 5.91 Å². The molecule has 0 fully saturated rings. The Hall–Kier alpha value is -3.85. The van der Waals surface area contributed by atoms with Crippen LogP contribution in [0.1, 0.15) is 252 Å². The van der Waals surface area contributed by atoms with Gasteiger partial charge in [-0.25, -0.2) is 0 Å². The van der Waals surface area contributed by atoms with E-state index in [0.29, 0.717) is 23.9 Å². The topological polar surface area (TPSA) is 114 Å². The number of likely N-dealkylation sites (N-methyl/N-ethyl adjacent to an activating group) is 1. The molecule has 1 N–H and O–H groups in total. The molecule has 462 valence electrons. The molecule has 0 saturated heterocycles. The third-order valence-corrected chi connectivity index (χ3v) is 14.7. The van der Waals surface area contributed by atoms with Gasteiger partial charge in [0.05, 0.1) is 33.8 Å². The first-order chi connectivity index (χ1) is 39.4. The average molecular weight is 1150 g/mol. The number of amides is 1. The number of allylic oxidation sites excluding steroid dienone is 21. The summed E-state index contributed by atoms with van der Waals surface area (Å²) in [7, 11) is 1.13. The van der Waals surface area contributed by atoms with Crippen molar-refractivity contribution in [2.75, 3.05) is 40.9 Å². The molecule has 0 aliphatic carbocycles. The number of carbonyl (C=O) groups excluding carboxylic acids is 2. The standard InChI is InChI=1S/C71H121N2O7P/c1-7-10-13-16-19-22-25-28-30-32-33-34-35-36-37-38-39-41-43-46-49-52-55-58-61-64-71(75)80-69(62-59-56-53-50-47-44-27-24-21-18-15-12-9-3)68(67-79-81(76,77)78-66-65-73(4,5)6)72-70(74)63-60-57-54-51-48-45-42-40-31-29-26-23-20-17-14-11-8-2/h11,14,17,19-20,22-23,26,28-31,33-34,36-37,40,42,45,48,59,62,68-69H,7-10,12-13,15-16,18,21,24-25,27,32,35,38-39,41,43-44,46-47,49-58,60-61,63-67H2,1-6H3,(H-,72,74,76,77)/b14-11-,20-17+,22-19-,26-23+,30-28-,31-29-,34-33-,37-36-,42-40+,48-45+,62-59-. The number of phosphoric ester groups is 1. The number of unbranched alkanes of at least 4 members (excludes halogenated alkanes) is 26. The van der Waals surface area contributed by atoms with Gasteiger partial charge in [-0.3, -0.25) is 14.2 Å². The van der Waals surface area contributed by atoms with Crippen LogP contribution < -0.4 is 10.2 Å². The van der Waals surface area contributed by atoms with Gasteiger partial charge in [0.25, 0.3) is 7.82 Å². The Morgan fingerprint density at radius 3 is 1.33 bits per heavy atom. The van der Waals surface area contributed by atoms with Gasteiger partial charge in [-0.15, -0.1) is 0 Å². The first-order valence-electron chi connectivity index (χ1n) is 32.6. The summed E-state index contributed by atoms with van der Waals surface area (Å²) >= 11 is 0. The molecular weight excluding hydrogens is 1020 g/mol. The number of phosphoric acid groups is 1. The van der Waals surface area contributed by atoms with Crippen molar-refractivity contribution in [2.24, 2.45) is 0 Å². The number of esters is 1. The Balaban J connectivity index is 5.28. The lowest BCUT2D eigenvalue weighted by Gasteiger charge is -2.30. The van der Waals surface area contributed by atoms with E-state index in [2.05, 4.69) is 86.8 Å². The fourth-order valence-electron chi connectivity index (χ4n) is 8.71. The smallest absolute Gasteiger partial charge is 0.306 e. The van der Waals surface area contributed by atoms with Gasteiger partial charge in [-0.1, -0.05) is 277 Å². The van der Waals surface area contributed by atoms with Crippen LogP contribution in [0, 0.1) is 0 Å². The largest absolute Gasteiger partial charge is 0.756 e. The normalized spacial score (nSPS) is 14.5. The molecular formula is C71H121N2O7P. The summed E-state index contributed by atoms with van der Waals surface area (Å²) in [5.74, 6) is -0.606. The number of quaternary nitrogens is 1. The maximum absolute atomic E-state index is 13.5. The second-order valence-corrected chi connectivity index (χ2v) is 24.1. The first kappa shape index (κ1) is 77.2. The van der Waals surface area contributed by atoms with E-state index in [0.717, 1.165) is 89.9 Å². The summed E-state index contributed by atoms with van der Waals surface area (Å²) in [5.41, 5.74) is 0. The van der Waals surface area contributed by atoms with Gasteiger partial charge in [-0.05, 0) is 96.0 Å². The molecule has 0 aliphatic rings. The van der Waals surface area contributed by atoms with Crippen molar-refractivity contribution >= 4 is 19.7 Å². The summed E-state index contributed by atoms with van der Waals surface area (Å²) in [6, 6.07) is -0.925. The molecule has 0 bridgehead atoms. The van der Waals surface area contributed by atoms with E-state index in [-0.39, 0.29) is 31.3 Å². The predicted octanol–water partition coefficient (Wildman–Crippen LogP) is 19.8. The fraction of sp³-hybridized carbons (Fsp3) is 0.662. The van der Waals surface area contributed by atoms with E-state index in [9.17, 15) is 19.0 Å². The van der Waals surface area contributed by atoms with Crippen LogP contribution in [0.2, 0.25) is 0 Å². The Bertz CT molecular complexity index is 1850. The van der Waals surface area contributed by atoms with Gasteiger partial charge >= 0.3 is 5.97 Å². The van der Waals surface area contributed by atoms with Crippen LogP contribution in [0.5, 0.6) is 0 Å². The molecule has 0 aliphatic heterocycles. The lowest BCUT2D eigenvalue weighted by Crippen LogP contribution is -2.47. The number of nitrogens with zero attached hydrogens (tertiary/aromatic N) is 1. The lowest BCUT2D eigenvalue weighted by atomic mass is 10.0. The molecule has 0 aromatic rings. The number of nitrogens with one attached hydrogen (secondary N) is 1. The number of rotatable bonds is 57. The third kappa shape index (κ3) is 60.6. The van der Waals surface area contributed by atoms with Crippen LogP contribution in [0.4, 0.5) is 0 Å². The highest BCUT2D eigenvalue weighted by Gasteiger charge is 2.27. The second kappa shape index (κ2) is 59.3. The van der Waals surface area contributed by atoms with E-state index in [1.807, 2.05) is 94.1 Å². The molecule has 0 saturated carbocycles. The highest BCUT2D eigenvalue weighted by molar-refractivity contribution is 7.45. The van der Waals surface area contributed by atoms with E-state index in [1.165, 1.54) is 116 Å². The first-order valence-corrected chi connectivity index (χ1v) is 34.0. The third-order valence-electron chi connectivity index (χ3n) is 13.7. The lowest BCUT2D eigenvalue weighted by molar-refractivity contribution is -0.870. The average Bonchev–Trinajstić information content (AvgIpc) is 3.44. The molecule has 0 radical (unpaired) electrons. The van der Waals surface area contributed by atoms with Crippen LogP contribution in [0.15, 0.2) is 134 Å². The molecule has 3 atom stereocenters. The Kier molecular flexibility index (Phi) is 56.5. The van der Waals surface area contributed by atoms with Gasteiger partial charge in [0.15, 0.2) is 0 Å². The number of ether oxygens (including phenoxy) is 1. The molecule has 10 heteroatoms. The number of hydrogen-bond donors (Lipinski definition) is 1. The Morgan fingerprint density at radius 1 is 0.457 bits per heavy atom. The highest BCUT2D eigenvalue weighted by atomic mass is 31.2. The minimum atomic E-state index is -4.73.